The SMILES string of the molecule is [BaH2].[Nd].[O]=[Ti].[Sm]. The summed E-state index contributed by atoms with van der Waals surface area (Å²) in [5.41, 5.74) is 0. The minimum absolute atomic E-state index is 0. The van der Waals surface area contributed by atoms with Crippen LogP contribution in [0.1, 0.15) is 0 Å². The van der Waals surface area contributed by atoms with E-state index in [1.807, 2.05) is 0 Å². The second kappa shape index (κ2) is 23.3. The summed E-state index contributed by atoms with van der Waals surface area (Å²) in [6, 6.07) is 0. The second-order valence-electron chi connectivity index (χ2n) is 0. The fourth-order valence-corrected chi connectivity index (χ4v) is 0. The molecule has 5 heteroatoms. The fraction of sp³-hybridized carbons (Fsp3) is 0. The molecule has 0 aromatic heterocycles. The topological polar surface area (TPSA) is 17.1 Å². The largest absolute Gasteiger partial charge is 0 e. The molecule has 24 valence electrons. The van der Waals surface area contributed by atoms with Gasteiger partial charge in [0.05, 0.1) is 0 Å². The Hall–Kier alpha value is 4.77. The van der Waals surface area contributed by atoms with Crippen LogP contribution in [0.4, 0.5) is 0 Å². The molecule has 0 aliphatic carbocycles. The van der Waals surface area contributed by atoms with Crippen LogP contribution in [0, 0.1) is 81.2 Å². The summed E-state index contributed by atoms with van der Waals surface area (Å²) < 4.78 is 8.25. The first-order valence-electron chi connectivity index (χ1n) is 0.204. The standard InChI is InChI=1S/Ba.Nd.O.Sm.Ti.2H. The van der Waals surface area contributed by atoms with E-state index in [4.69, 9.17) is 3.32 Å². The molecule has 0 heterocycles. The van der Waals surface area contributed by atoms with E-state index in [1.165, 1.54) is 0 Å². The van der Waals surface area contributed by atoms with Gasteiger partial charge < -0.3 is 0 Å². The third-order valence-corrected chi connectivity index (χ3v) is 0. The molecule has 0 amide bonds. The molecule has 5 heavy (non-hydrogen) atoms. The summed E-state index contributed by atoms with van der Waals surface area (Å²) in [6.45, 7) is 0. The van der Waals surface area contributed by atoms with Gasteiger partial charge in [-0.2, -0.15) is 0 Å². The van der Waals surface area contributed by atoms with Crippen molar-refractivity contribution in [2.75, 3.05) is 0 Å². The van der Waals surface area contributed by atoms with Crippen molar-refractivity contribution in [2.24, 2.45) is 0 Å². The Bertz CT molecular complexity index is 11.6. The molecule has 0 spiro atoms. The van der Waals surface area contributed by atoms with Gasteiger partial charge in [0, 0.05) is 81.2 Å². The summed E-state index contributed by atoms with van der Waals surface area (Å²) in [4.78, 5) is 0. The molecule has 0 bridgehead atoms. The van der Waals surface area contributed by atoms with Crippen LogP contribution >= 0.6 is 0 Å². The van der Waals surface area contributed by atoms with Crippen LogP contribution < -0.4 is 0 Å². The molecule has 0 unspecified atom stereocenters. The average Bonchev–Trinajstić information content (AvgIpc) is 1.00. The van der Waals surface area contributed by atoms with Crippen LogP contribution in [0.25, 0.3) is 0 Å². The molecular formula is H2BaNdOSmTi. The Morgan fingerprint density at radius 3 is 1.20 bits per heavy atom. The molecule has 0 radical (unpaired) electrons. The molecule has 0 aliphatic heterocycles. The van der Waals surface area contributed by atoms with E-state index >= 15 is 0 Å². The van der Waals surface area contributed by atoms with Crippen molar-refractivity contribution in [3.63, 3.8) is 0 Å². The summed E-state index contributed by atoms with van der Waals surface area (Å²) in [6.07, 6.45) is 0. The van der Waals surface area contributed by atoms with Crippen molar-refractivity contribution in [2.45, 2.75) is 0 Å². The van der Waals surface area contributed by atoms with Gasteiger partial charge in [0.1, 0.15) is 0 Å². The van der Waals surface area contributed by atoms with E-state index in [2.05, 4.69) is 0 Å². The third-order valence-electron chi connectivity index (χ3n) is 0. The average molecular weight is 498 g/mol. The van der Waals surface area contributed by atoms with Gasteiger partial charge in [0.25, 0.3) is 0 Å². The van der Waals surface area contributed by atoms with E-state index < -0.39 is 0 Å². The van der Waals surface area contributed by atoms with Gasteiger partial charge >= 0.3 is 72.6 Å². The predicted octanol–water partition coefficient (Wildman–Crippen LogP) is -1.04. The molecule has 0 aliphatic rings. The first-order chi connectivity index (χ1) is 1.00. The fourth-order valence-electron chi connectivity index (χ4n) is 0. The normalized spacial score (nSPS) is 0.600. The van der Waals surface area contributed by atoms with Crippen LogP contribution in [0.15, 0.2) is 0 Å². The summed E-state index contributed by atoms with van der Waals surface area (Å²) in [5.74, 6) is 0. The first kappa shape index (κ1) is 22.6. The smallest absolute Gasteiger partial charge is 0 e. The molecular weight excluding hydrogens is 496 g/mol. The zero-order valence-corrected chi connectivity index (χ0v) is 9.21. The zero-order valence-electron chi connectivity index (χ0n) is 1.82. The zero-order chi connectivity index (χ0) is 2.00. The van der Waals surface area contributed by atoms with Gasteiger partial charge in [-0.25, -0.2) is 0 Å². The van der Waals surface area contributed by atoms with E-state index in [-0.39, 0.29) is 130 Å². The minimum Gasteiger partial charge on any atom is 0 e. The molecule has 0 aromatic carbocycles. The van der Waals surface area contributed by atoms with Gasteiger partial charge in [-0.15, -0.1) is 0 Å². The number of hydrogen-bond donors (Lipinski definition) is 0. The van der Waals surface area contributed by atoms with Crippen molar-refractivity contribution in [3.8, 4) is 0 Å². The predicted molar refractivity (Wildman–Crippen MR) is 9.23 cm³/mol. The van der Waals surface area contributed by atoms with E-state index in [0.717, 1.165) is 20.4 Å². The van der Waals surface area contributed by atoms with Crippen molar-refractivity contribution >= 4 is 48.9 Å². The summed E-state index contributed by atoms with van der Waals surface area (Å²) in [5, 5.41) is 0. The van der Waals surface area contributed by atoms with Crippen LogP contribution in [-0.2, 0) is 23.7 Å². The maximum Gasteiger partial charge on any atom is 0 e. The Morgan fingerprint density at radius 1 is 1.20 bits per heavy atom. The molecule has 0 saturated carbocycles. The maximum absolute atomic E-state index is 8.25. The maximum atomic E-state index is 8.25. The van der Waals surface area contributed by atoms with E-state index in [1.54, 1.807) is 0 Å². The molecule has 0 aromatic rings. The van der Waals surface area contributed by atoms with Crippen molar-refractivity contribution < 1.29 is 105 Å². The monoisotopic (exact) mass is 498 g/mol. The molecule has 0 N–H and O–H groups in total. The Labute approximate surface area is 149 Å². The van der Waals surface area contributed by atoms with Crippen molar-refractivity contribution in [1.82, 2.24) is 0 Å². The van der Waals surface area contributed by atoms with Crippen LogP contribution in [0.5, 0.6) is 0 Å². The van der Waals surface area contributed by atoms with Crippen molar-refractivity contribution in [3.05, 3.63) is 0 Å². The van der Waals surface area contributed by atoms with E-state index in [9.17, 15) is 0 Å². The van der Waals surface area contributed by atoms with Gasteiger partial charge in [0.15, 0.2) is 0 Å². The number of hydrogen-bond acceptors (Lipinski definition) is 1. The molecule has 0 saturated heterocycles. The van der Waals surface area contributed by atoms with Gasteiger partial charge in [0.2, 0.25) is 0 Å². The van der Waals surface area contributed by atoms with Crippen LogP contribution in [0.2, 0.25) is 0 Å². The number of rotatable bonds is 0. The molecule has 1 nitrogen and oxygen atoms in total. The van der Waals surface area contributed by atoms with Crippen molar-refractivity contribution in [1.29, 1.82) is 0 Å². The second-order valence-corrected chi connectivity index (χ2v) is 0. The van der Waals surface area contributed by atoms with E-state index in [0.29, 0.717) is 0 Å². The molecule has 0 rings (SSSR count). The summed E-state index contributed by atoms with van der Waals surface area (Å²) in [7, 11) is 0. The Kier molecular flexibility index (Phi) is 105. The minimum atomic E-state index is 0. The quantitative estimate of drug-likeness (QED) is 0.391. The van der Waals surface area contributed by atoms with Crippen LogP contribution in [0.3, 0.4) is 0 Å². The van der Waals surface area contributed by atoms with Gasteiger partial charge in [-0.3, -0.25) is 0 Å². The third kappa shape index (κ3) is 17.7. The Balaban J connectivity index is -0.00000000167. The Morgan fingerprint density at radius 2 is 1.20 bits per heavy atom. The van der Waals surface area contributed by atoms with Crippen LogP contribution in [-0.4, -0.2) is 48.9 Å². The van der Waals surface area contributed by atoms with Gasteiger partial charge in [-0.1, -0.05) is 0 Å². The first-order valence-corrected chi connectivity index (χ1v) is 0.842. The molecule has 0 fully saturated rings. The molecule has 0 atom stereocenters. The summed E-state index contributed by atoms with van der Waals surface area (Å²) >= 11 is 0.750. The van der Waals surface area contributed by atoms with Gasteiger partial charge in [-0.05, 0) is 0 Å².